The van der Waals surface area contributed by atoms with E-state index in [1.165, 1.54) is 48.7 Å². The Bertz CT molecular complexity index is 685. The van der Waals surface area contributed by atoms with Crippen molar-refractivity contribution in [3.63, 3.8) is 0 Å². The summed E-state index contributed by atoms with van der Waals surface area (Å²) in [5, 5.41) is 1.67. The van der Waals surface area contributed by atoms with Gasteiger partial charge in [0, 0.05) is 11.9 Å². The third-order valence-corrected chi connectivity index (χ3v) is 5.98. The van der Waals surface area contributed by atoms with Crippen LogP contribution in [0.4, 0.5) is 10.1 Å². The summed E-state index contributed by atoms with van der Waals surface area (Å²) in [5.74, 6) is -0.356. The highest BCUT2D eigenvalue weighted by molar-refractivity contribution is 7.93. The van der Waals surface area contributed by atoms with Gasteiger partial charge in [-0.1, -0.05) is 6.07 Å². The molecule has 0 saturated carbocycles. The Morgan fingerprint density at radius 3 is 2.74 bits per heavy atom. The van der Waals surface area contributed by atoms with Gasteiger partial charge in [0.05, 0.1) is 11.6 Å². The van der Waals surface area contributed by atoms with Gasteiger partial charge in [0.1, 0.15) is 10.7 Å². The summed E-state index contributed by atoms with van der Waals surface area (Å²) < 4.78 is 39.1. The number of nitrogens with zero attached hydrogens (tertiary/aromatic N) is 1. The largest absolute Gasteiger partial charge is 0.269 e. The second-order valence-electron chi connectivity index (χ2n) is 3.79. The van der Waals surface area contributed by atoms with Gasteiger partial charge in [-0.2, -0.15) is 0 Å². The molecule has 0 aliphatic heterocycles. The van der Waals surface area contributed by atoms with Crippen molar-refractivity contribution < 1.29 is 12.8 Å². The number of hydrogen-bond acceptors (Lipinski definition) is 3. The normalized spacial score (nSPS) is 11.5. The lowest BCUT2D eigenvalue weighted by molar-refractivity contribution is 0.594. The molecule has 2 aromatic rings. The Labute approximate surface area is 120 Å². The smallest absolute Gasteiger partial charge is 0.265 e. The van der Waals surface area contributed by atoms with Gasteiger partial charge in [0.15, 0.2) is 0 Å². The van der Waals surface area contributed by atoms with Crippen molar-refractivity contribution in [3.8, 4) is 0 Å². The molecule has 0 unspecified atom stereocenters. The molecule has 3 nitrogen and oxygen atoms in total. The van der Waals surface area contributed by atoms with Crippen LogP contribution in [0.2, 0.25) is 0 Å². The molecule has 0 aliphatic rings. The zero-order chi connectivity index (χ0) is 14.0. The summed E-state index contributed by atoms with van der Waals surface area (Å²) >= 11 is 7.00. The number of anilines is 1. The van der Waals surface area contributed by atoms with Crippen LogP contribution in [0, 0.1) is 5.82 Å². The van der Waals surface area contributed by atoms with Crippen molar-refractivity contribution in [2.45, 2.75) is 10.8 Å². The van der Waals surface area contributed by atoms with E-state index in [2.05, 4.69) is 0 Å². The molecule has 1 heterocycles. The highest BCUT2D eigenvalue weighted by Crippen LogP contribution is 2.29. The van der Waals surface area contributed by atoms with Crippen molar-refractivity contribution in [1.29, 1.82) is 0 Å². The molecule has 0 N–H and O–H groups in total. The summed E-state index contributed by atoms with van der Waals surface area (Å²) in [7, 11) is -2.33. The summed E-state index contributed by atoms with van der Waals surface area (Å²) in [6.07, 6.45) is 0. The lowest BCUT2D eigenvalue weighted by Gasteiger charge is -2.19. The topological polar surface area (TPSA) is 37.4 Å². The first kappa shape index (κ1) is 14.3. The fraction of sp³-hybridized carbons (Fsp3) is 0.167. The van der Waals surface area contributed by atoms with Crippen LogP contribution < -0.4 is 4.31 Å². The number of hydrogen-bond donors (Lipinski definition) is 0. The first-order chi connectivity index (χ1) is 8.96. The minimum atomic E-state index is -3.72. The SMILES string of the molecule is CN(c1cccc(F)c1)S(=O)(=O)c1ccsc1CCl. The summed E-state index contributed by atoms with van der Waals surface area (Å²) in [4.78, 5) is 0.740. The summed E-state index contributed by atoms with van der Waals surface area (Å²) in [6, 6.07) is 6.94. The number of thiophene rings is 1. The van der Waals surface area contributed by atoms with E-state index in [4.69, 9.17) is 11.6 Å². The molecule has 1 aromatic carbocycles. The average Bonchev–Trinajstić information content (AvgIpc) is 2.86. The maximum atomic E-state index is 13.2. The molecule has 0 saturated heterocycles. The van der Waals surface area contributed by atoms with E-state index in [1.807, 2.05) is 0 Å². The average molecular weight is 320 g/mol. The fourth-order valence-corrected chi connectivity index (χ4v) is 4.47. The predicted octanol–water partition coefficient (Wildman–Crippen LogP) is 3.45. The van der Waals surface area contributed by atoms with Crippen LogP contribution in [0.3, 0.4) is 0 Å². The van der Waals surface area contributed by atoms with Crippen LogP contribution in [-0.2, 0) is 15.9 Å². The Morgan fingerprint density at radius 2 is 2.11 bits per heavy atom. The molecule has 0 fully saturated rings. The van der Waals surface area contributed by atoms with Gasteiger partial charge < -0.3 is 0 Å². The minimum Gasteiger partial charge on any atom is -0.269 e. The molecule has 7 heteroatoms. The van der Waals surface area contributed by atoms with E-state index in [0.717, 1.165) is 4.31 Å². The van der Waals surface area contributed by atoms with Crippen LogP contribution in [0.15, 0.2) is 40.6 Å². The minimum absolute atomic E-state index is 0.128. The van der Waals surface area contributed by atoms with E-state index < -0.39 is 15.8 Å². The molecule has 0 spiro atoms. The molecule has 102 valence electrons. The number of benzene rings is 1. The van der Waals surface area contributed by atoms with Gasteiger partial charge in [-0.05, 0) is 29.6 Å². The van der Waals surface area contributed by atoms with E-state index >= 15 is 0 Å². The van der Waals surface area contributed by atoms with Gasteiger partial charge in [-0.15, -0.1) is 22.9 Å². The summed E-state index contributed by atoms with van der Waals surface area (Å²) in [5.41, 5.74) is 0.270. The lowest BCUT2D eigenvalue weighted by atomic mass is 10.3. The Balaban J connectivity index is 2.45. The Hall–Kier alpha value is -1.11. The summed E-state index contributed by atoms with van der Waals surface area (Å²) in [6.45, 7) is 0. The highest BCUT2D eigenvalue weighted by atomic mass is 35.5. The molecule has 0 amide bonds. The van der Waals surface area contributed by atoms with Crippen LogP contribution in [0.25, 0.3) is 0 Å². The molecular weight excluding hydrogens is 309 g/mol. The van der Waals surface area contributed by atoms with Crippen LogP contribution >= 0.6 is 22.9 Å². The zero-order valence-corrected chi connectivity index (χ0v) is 12.4. The van der Waals surface area contributed by atoms with E-state index in [-0.39, 0.29) is 16.5 Å². The zero-order valence-electron chi connectivity index (χ0n) is 10.0. The van der Waals surface area contributed by atoms with Crippen molar-refractivity contribution in [3.05, 3.63) is 46.4 Å². The second kappa shape index (κ2) is 5.48. The molecule has 2 rings (SSSR count). The second-order valence-corrected chi connectivity index (χ2v) is 7.00. The van der Waals surface area contributed by atoms with Crippen LogP contribution in [0.5, 0.6) is 0 Å². The molecule has 0 radical (unpaired) electrons. The van der Waals surface area contributed by atoms with Crippen LogP contribution in [-0.4, -0.2) is 15.5 Å². The van der Waals surface area contributed by atoms with Crippen molar-refractivity contribution in [2.24, 2.45) is 0 Å². The molecule has 0 aliphatic carbocycles. The maximum absolute atomic E-state index is 13.2. The van der Waals surface area contributed by atoms with Gasteiger partial charge >= 0.3 is 0 Å². The van der Waals surface area contributed by atoms with Crippen molar-refractivity contribution in [2.75, 3.05) is 11.4 Å². The predicted molar refractivity (Wildman–Crippen MR) is 75.9 cm³/mol. The van der Waals surface area contributed by atoms with Gasteiger partial charge in [-0.3, -0.25) is 4.31 Å². The van der Waals surface area contributed by atoms with E-state index in [9.17, 15) is 12.8 Å². The first-order valence-electron chi connectivity index (χ1n) is 5.33. The van der Waals surface area contributed by atoms with Gasteiger partial charge in [-0.25, -0.2) is 12.8 Å². The molecule has 19 heavy (non-hydrogen) atoms. The molecular formula is C12H11ClFNO2S2. The van der Waals surface area contributed by atoms with E-state index in [1.54, 1.807) is 5.38 Å². The molecule has 0 atom stereocenters. The Morgan fingerprint density at radius 1 is 1.37 bits per heavy atom. The van der Waals surface area contributed by atoms with Crippen molar-refractivity contribution in [1.82, 2.24) is 0 Å². The third-order valence-electron chi connectivity index (χ3n) is 2.64. The monoisotopic (exact) mass is 319 g/mol. The van der Waals surface area contributed by atoms with Crippen molar-refractivity contribution >= 4 is 38.6 Å². The van der Waals surface area contributed by atoms with Gasteiger partial charge in [0.2, 0.25) is 0 Å². The Kier molecular flexibility index (Phi) is 4.13. The number of alkyl halides is 1. The number of halogens is 2. The number of rotatable bonds is 4. The highest BCUT2D eigenvalue weighted by Gasteiger charge is 2.25. The fourth-order valence-electron chi connectivity index (χ4n) is 1.61. The number of sulfonamides is 1. The first-order valence-corrected chi connectivity index (χ1v) is 8.19. The quantitative estimate of drug-likeness (QED) is 0.809. The lowest BCUT2D eigenvalue weighted by Crippen LogP contribution is -2.26. The van der Waals surface area contributed by atoms with Crippen LogP contribution in [0.1, 0.15) is 4.88 Å². The van der Waals surface area contributed by atoms with E-state index in [0.29, 0.717) is 4.88 Å². The standard InChI is InChI=1S/C12H11ClFNO2S2/c1-15(10-4-2-3-9(14)7-10)19(16,17)12-5-6-18-11(12)8-13/h2-7H,8H2,1H3. The molecule has 1 aromatic heterocycles. The third kappa shape index (κ3) is 2.75. The maximum Gasteiger partial charge on any atom is 0.265 e. The molecule has 0 bridgehead atoms. The van der Waals surface area contributed by atoms with Gasteiger partial charge in [0.25, 0.3) is 10.0 Å².